The quantitative estimate of drug-likeness (QED) is 0.0195. The molecule has 0 saturated heterocycles. The average Bonchev–Trinajstić information content (AvgIpc) is 3.58. The van der Waals surface area contributed by atoms with Crippen LogP contribution in [0.3, 0.4) is 0 Å². The highest BCUT2D eigenvalue weighted by Crippen LogP contribution is 2.38. The van der Waals surface area contributed by atoms with Crippen molar-refractivity contribution in [2.75, 3.05) is 47.5 Å². The molecule has 10 heteroatoms. The topological polar surface area (TPSA) is 111 Å². The lowest BCUT2D eigenvalue weighted by Crippen LogP contribution is -2.37. The van der Waals surface area contributed by atoms with Gasteiger partial charge in [0.2, 0.25) is 0 Å². The number of allylic oxidation sites excluding steroid dienone is 14. The number of carbonyl (C=O) groups is 2. The van der Waals surface area contributed by atoms with E-state index in [1.807, 2.05) is 21.1 Å². The predicted octanol–water partition coefficient (Wildman–Crippen LogP) is 24.6. The zero-order valence-corrected chi connectivity index (χ0v) is 60.7. The van der Waals surface area contributed by atoms with Crippen LogP contribution in [0.5, 0.6) is 0 Å². The number of carbonyl (C=O) groups excluding carboxylic acids is 2. The van der Waals surface area contributed by atoms with Crippen molar-refractivity contribution in [3.63, 3.8) is 0 Å². The maximum absolute atomic E-state index is 12.9. The second kappa shape index (κ2) is 70.5. The van der Waals surface area contributed by atoms with Crippen molar-refractivity contribution in [3.05, 3.63) is 85.1 Å². The van der Waals surface area contributed by atoms with Crippen molar-refractivity contribution in [3.8, 4) is 0 Å². The van der Waals surface area contributed by atoms with Gasteiger partial charge in [0.05, 0.1) is 27.7 Å². The first kappa shape index (κ1) is 87.2. The highest BCUT2D eigenvalue weighted by Gasteiger charge is 2.22. The first-order chi connectivity index (χ1) is 44.0. The van der Waals surface area contributed by atoms with Crippen molar-refractivity contribution in [1.82, 2.24) is 0 Å². The average molecular weight is 1280 g/mol. The number of phosphoric acid groups is 1. The molecule has 524 valence electrons. The van der Waals surface area contributed by atoms with Gasteiger partial charge in [0.15, 0.2) is 6.10 Å². The van der Waals surface area contributed by atoms with E-state index in [9.17, 15) is 19.0 Å². The number of hydrogen-bond donors (Lipinski definition) is 0. The van der Waals surface area contributed by atoms with Gasteiger partial charge >= 0.3 is 11.9 Å². The molecule has 0 aromatic heterocycles. The Hall–Kier alpha value is -2.81. The summed E-state index contributed by atoms with van der Waals surface area (Å²) in [6.07, 6.45) is 96.9. The fraction of sp³-hybridized carbons (Fsp3) is 0.800. The molecular weight excluding hydrogens is 1130 g/mol. The third kappa shape index (κ3) is 74.2. The molecule has 0 amide bonds. The van der Waals surface area contributed by atoms with Crippen LogP contribution in [-0.2, 0) is 32.7 Å². The van der Waals surface area contributed by atoms with E-state index in [4.69, 9.17) is 18.5 Å². The van der Waals surface area contributed by atoms with Gasteiger partial charge in [0.25, 0.3) is 7.82 Å². The van der Waals surface area contributed by atoms with Gasteiger partial charge in [-0.15, -0.1) is 0 Å². The summed E-state index contributed by atoms with van der Waals surface area (Å²) in [5.41, 5.74) is 0. The van der Waals surface area contributed by atoms with Gasteiger partial charge in [-0.1, -0.05) is 362 Å². The van der Waals surface area contributed by atoms with Crippen LogP contribution >= 0.6 is 7.82 Å². The van der Waals surface area contributed by atoms with Crippen LogP contribution in [0.1, 0.15) is 361 Å². The van der Waals surface area contributed by atoms with Gasteiger partial charge < -0.3 is 27.9 Å². The minimum absolute atomic E-state index is 0.0307. The maximum Gasteiger partial charge on any atom is 0.306 e. The Morgan fingerprint density at radius 2 is 0.633 bits per heavy atom. The number of nitrogens with zero attached hydrogens (tertiary/aromatic N) is 1. The molecule has 0 aliphatic heterocycles. The number of unbranched alkanes of at least 4 members (excludes halogenated alkanes) is 43. The SMILES string of the molecule is CC/C=C\C/C=C\C/C=C\C/C=C\C/C=C\C/C=C\C/C=C\CCCCCCCCCCCCCCCCCC(=O)OC(COC(=O)CCCCCCCCCCCCCCCCCCCCCCCCCCCCCCC)COP(=O)([O-])OCC[N+](C)(C)C. The molecule has 2 atom stereocenters. The van der Waals surface area contributed by atoms with Crippen molar-refractivity contribution in [2.45, 2.75) is 367 Å². The molecule has 0 heterocycles. The largest absolute Gasteiger partial charge is 0.756 e. The van der Waals surface area contributed by atoms with Crippen molar-refractivity contribution < 1.29 is 42.1 Å². The van der Waals surface area contributed by atoms with Crippen LogP contribution < -0.4 is 4.89 Å². The predicted molar refractivity (Wildman–Crippen MR) is 388 cm³/mol. The Bertz CT molecular complexity index is 1800. The second-order valence-corrected chi connectivity index (χ2v) is 28.4. The van der Waals surface area contributed by atoms with Gasteiger partial charge in [-0.3, -0.25) is 14.2 Å². The number of hydrogen-bond acceptors (Lipinski definition) is 8. The Balaban J connectivity index is 3.98. The Morgan fingerprint density at radius 1 is 0.356 bits per heavy atom. The molecule has 0 fully saturated rings. The first-order valence-electron chi connectivity index (χ1n) is 38.3. The number of likely N-dealkylation sites (N-methyl/N-ethyl adjacent to an activating group) is 1. The summed E-state index contributed by atoms with van der Waals surface area (Å²) in [5, 5.41) is 0. The van der Waals surface area contributed by atoms with Crippen LogP contribution in [-0.4, -0.2) is 70.0 Å². The van der Waals surface area contributed by atoms with E-state index in [1.165, 1.54) is 244 Å². The molecule has 90 heavy (non-hydrogen) atoms. The molecule has 0 aliphatic carbocycles. The van der Waals surface area contributed by atoms with E-state index in [-0.39, 0.29) is 32.0 Å². The Kier molecular flexibility index (Phi) is 68.3. The minimum Gasteiger partial charge on any atom is -0.756 e. The Morgan fingerprint density at radius 3 is 0.944 bits per heavy atom. The van der Waals surface area contributed by atoms with E-state index in [0.29, 0.717) is 17.4 Å². The first-order valence-corrected chi connectivity index (χ1v) is 39.8. The van der Waals surface area contributed by atoms with Gasteiger partial charge in [-0.2, -0.15) is 0 Å². The lowest BCUT2D eigenvalue weighted by atomic mass is 10.0. The van der Waals surface area contributed by atoms with Gasteiger partial charge in [0.1, 0.15) is 19.8 Å². The molecule has 9 nitrogen and oxygen atoms in total. The summed E-state index contributed by atoms with van der Waals surface area (Å²) in [5.74, 6) is -0.817. The summed E-state index contributed by atoms with van der Waals surface area (Å²) in [7, 11) is 1.18. The number of phosphoric ester groups is 1. The molecule has 0 aliphatic rings. The molecular formula is C80H146NO8P. The Labute approximate surface area is 558 Å². The molecule has 0 N–H and O–H groups in total. The maximum atomic E-state index is 12.9. The lowest BCUT2D eigenvalue weighted by Gasteiger charge is -2.28. The van der Waals surface area contributed by atoms with E-state index >= 15 is 0 Å². The van der Waals surface area contributed by atoms with E-state index < -0.39 is 26.5 Å². The van der Waals surface area contributed by atoms with Gasteiger partial charge in [-0.05, 0) is 70.6 Å². The van der Waals surface area contributed by atoms with Gasteiger partial charge in [-0.25, -0.2) is 0 Å². The zero-order chi connectivity index (χ0) is 65.5. The molecule has 0 radical (unpaired) electrons. The smallest absolute Gasteiger partial charge is 0.306 e. The number of rotatable bonds is 71. The summed E-state index contributed by atoms with van der Waals surface area (Å²) < 4.78 is 34.4. The van der Waals surface area contributed by atoms with Gasteiger partial charge in [0, 0.05) is 12.8 Å². The van der Waals surface area contributed by atoms with Crippen molar-refractivity contribution >= 4 is 19.8 Å². The lowest BCUT2D eigenvalue weighted by molar-refractivity contribution is -0.870. The summed E-state index contributed by atoms with van der Waals surface area (Å²) in [4.78, 5) is 38.1. The standard InChI is InChI=1S/C80H146NO8P/c1-6-8-10-12-14-16-18-20-22-24-26-28-30-32-34-36-37-38-39-40-41-42-43-45-47-49-51-53-55-57-59-61-63-65-67-69-71-73-80(83)89-78(77-88-90(84,85)87-75-74-81(3,4)5)76-86-79(82)72-70-68-66-64-62-60-58-56-54-52-50-48-46-44-35-33-31-29-27-25-23-21-19-17-15-13-11-9-7-2/h8,10,14,16,20,22,26,28,32,34,37-38,40-41,78H,6-7,9,11-13,15,17-19,21,23-25,27,29-31,33,35-36,39,42-77H2,1-5H3/b10-8-,16-14-,22-20-,28-26-,34-32-,38-37-,41-40-. The fourth-order valence-electron chi connectivity index (χ4n) is 11.1. The summed E-state index contributed by atoms with van der Waals surface area (Å²) in [6.45, 7) is 4.18. The third-order valence-corrected chi connectivity index (χ3v) is 17.9. The number of esters is 2. The van der Waals surface area contributed by atoms with Crippen LogP contribution in [0, 0.1) is 0 Å². The van der Waals surface area contributed by atoms with Crippen molar-refractivity contribution in [2.24, 2.45) is 0 Å². The van der Waals surface area contributed by atoms with E-state index in [0.717, 1.165) is 83.5 Å². The second-order valence-electron chi connectivity index (χ2n) is 27.0. The molecule has 0 spiro atoms. The zero-order valence-electron chi connectivity index (χ0n) is 59.8. The van der Waals surface area contributed by atoms with Crippen LogP contribution in [0.15, 0.2) is 85.1 Å². The fourth-order valence-corrected chi connectivity index (χ4v) is 11.8. The monoisotopic (exact) mass is 1280 g/mol. The molecule has 0 aromatic rings. The van der Waals surface area contributed by atoms with Crippen LogP contribution in [0.4, 0.5) is 0 Å². The molecule has 0 rings (SSSR count). The highest BCUT2D eigenvalue weighted by molar-refractivity contribution is 7.45. The van der Waals surface area contributed by atoms with E-state index in [1.54, 1.807) is 0 Å². The van der Waals surface area contributed by atoms with Crippen LogP contribution in [0.2, 0.25) is 0 Å². The minimum atomic E-state index is -4.65. The molecule has 0 saturated carbocycles. The number of ether oxygens (including phenoxy) is 2. The highest BCUT2D eigenvalue weighted by atomic mass is 31.2. The number of quaternary nitrogens is 1. The van der Waals surface area contributed by atoms with E-state index in [2.05, 4.69) is 98.9 Å². The molecule has 0 bridgehead atoms. The summed E-state index contributed by atoms with van der Waals surface area (Å²) >= 11 is 0. The molecule has 2 unspecified atom stereocenters. The normalized spacial score (nSPS) is 13.5. The molecule has 0 aromatic carbocycles. The summed E-state index contributed by atoms with van der Waals surface area (Å²) in [6, 6.07) is 0. The van der Waals surface area contributed by atoms with Crippen LogP contribution in [0.25, 0.3) is 0 Å². The third-order valence-electron chi connectivity index (χ3n) is 16.9. The van der Waals surface area contributed by atoms with Crippen molar-refractivity contribution in [1.29, 1.82) is 0 Å².